The number of aryl methyl sites for hydroxylation is 1. The Labute approximate surface area is 148 Å². The largest absolute Gasteiger partial charge is 0.494 e. The number of nitrogens with one attached hydrogen (secondary N) is 1. The van der Waals surface area contributed by atoms with Gasteiger partial charge >= 0.3 is 0 Å². The molecule has 1 unspecified atom stereocenters. The summed E-state index contributed by atoms with van der Waals surface area (Å²) in [6.07, 6.45) is 4.85. The number of benzene rings is 1. The maximum atomic E-state index is 12.4. The molecule has 0 saturated carbocycles. The highest BCUT2D eigenvalue weighted by Gasteiger charge is 2.20. The van der Waals surface area contributed by atoms with E-state index in [1.165, 1.54) is 6.42 Å². The van der Waals surface area contributed by atoms with Gasteiger partial charge in [0.2, 0.25) is 5.91 Å². The third-order valence-corrected chi connectivity index (χ3v) is 4.50. The molecular weight excluding hydrogens is 316 g/mol. The lowest BCUT2D eigenvalue weighted by atomic mass is 10.1. The first-order valence-electron chi connectivity index (χ1n) is 9.10. The van der Waals surface area contributed by atoms with E-state index in [0.717, 1.165) is 48.8 Å². The van der Waals surface area contributed by atoms with Crippen molar-refractivity contribution in [3.63, 3.8) is 0 Å². The van der Waals surface area contributed by atoms with Crippen LogP contribution in [0.4, 0.5) is 0 Å². The quantitative estimate of drug-likeness (QED) is 0.876. The Kier molecular flexibility index (Phi) is 5.68. The summed E-state index contributed by atoms with van der Waals surface area (Å²) in [7, 11) is 0. The number of fused-ring (bicyclic) bond motifs is 1. The van der Waals surface area contributed by atoms with Crippen LogP contribution in [-0.4, -0.2) is 27.3 Å². The van der Waals surface area contributed by atoms with Crippen molar-refractivity contribution in [2.24, 2.45) is 0 Å². The summed E-state index contributed by atoms with van der Waals surface area (Å²) in [6.45, 7) is 5.50. The molecule has 0 aliphatic carbocycles. The van der Waals surface area contributed by atoms with Crippen molar-refractivity contribution in [1.82, 2.24) is 20.1 Å². The molecule has 0 fully saturated rings. The smallest absolute Gasteiger partial charge is 0.224 e. The van der Waals surface area contributed by atoms with Gasteiger partial charge in [0, 0.05) is 13.0 Å². The van der Waals surface area contributed by atoms with E-state index >= 15 is 0 Å². The fourth-order valence-electron chi connectivity index (χ4n) is 3.24. The van der Waals surface area contributed by atoms with Gasteiger partial charge in [0.15, 0.2) is 5.82 Å². The zero-order valence-electron chi connectivity index (χ0n) is 15.0. The second-order valence-corrected chi connectivity index (χ2v) is 6.48. The molecule has 6 nitrogen and oxygen atoms in total. The van der Waals surface area contributed by atoms with Crippen LogP contribution in [0, 0.1) is 0 Å². The summed E-state index contributed by atoms with van der Waals surface area (Å²) < 4.78 is 7.60. The number of carbonyl (C=O) groups excluding carboxylic acids is 1. The maximum absolute atomic E-state index is 12.4. The van der Waals surface area contributed by atoms with Crippen LogP contribution in [-0.2, 0) is 24.2 Å². The zero-order valence-corrected chi connectivity index (χ0v) is 15.0. The monoisotopic (exact) mass is 342 g/mol. The number of hydrogen-bond donors (Lipinski definition) is 1. The van der Waals surface area contributed by atoms with Crippen molar-refractivity contribution >= 4 is 5.91 Å². The lowest BCUT2D eigenvalue weighted by Crippen LogP contribution is -2.30. The topological polar surface area (TPSA) is 69.0 Å². The minimum absolute atomic E-state index is 0.0115. The molecule has 25 heavy (non-hydrogen) atoms. The Bertz CT molecular complexity index is 709. The van der Waals surface area contributed by atoms with E-state index in [2.05, 4.69) is 20.1 Å². The maximum Gasteiger partial charge on any atom is 0.224 e. The number of hydrogen-bond acceptors (Lipinski definition) is 4. The Morgan fingerprint density at radius 3 is 2.80 bits per heavy atom. The van der Waals surface area contributed by atoms with E-state index in [1.54, 1.807) is 0 Å². The molecule has 2 aromatic rings. The molecule has 134 valence electrons. The van der Waals surface area contributed by atoms with Crippen molar-refractivity contribution in [3.8, 4) is 5.75 Å². The van der Waals surface area contributed by atoms with Crippen LogP contribution in [0.15, 0.2) is 24.3 Å². The van der Waals surface area contributed by atoms with E-state index in [4.69, 9.17) is 4.74 Å². The van der Waals surface area contributed by atoms with Crippen molar-refractivity contribution in [1.29, 1.82) is 0 Å². The van der Waals surface area contributed by atoms with Crippen molar-refractivity contribution in [3.05, 3.63) is 41.5 Å². The lowest BCUT2D eigenvalue weighted by molar-refractivity contribution is -0.121. The molecule has 1 atom stereocenters. The molecule has 1 aliphatic rings. The molecule has 0 saturated heterocycles. The Morgan fingerprint density at radius 1 is 1.24 bits per heavy atom. The van der Waals surface area contributed by atoms with Gasteiger partial charge in [0.1, 0.15) is 11.6 Å². The van der Waals surface area contributed by atoms with Gasteiger partial charge in [-0.25, -0.2) is 0 Å². The van der Waals surface area contributed by atoms with Gasteiger partial charge in [-0.3, -0.25) is 4.79 Å². The number of amides is 1. The van der Waals surface area contributed by atoms with Gasteiger partial charge in [-0.2, -0.15) is 0 Å². The number of carbonyl (C=O) groups is 1. The van der Waals surface area contributed by atoms with E-state index < -0.39 is 0 Å². The van der Waals surface area contributed by atoms with E-state index in [-0.39, 0.29) is 11.9 Å². The first-order valence-corrected chi connectivity index (χ1v) is 9.10. The third-order valence-electron chi connectivity index (χ3n) is 4.50. The highest BCUT2D eigenvalue weighted by Crippen LogP contribution is 2.19. The molecule has 0 bridgehead atoms. The molecule has 6 heteroatoms. The number of aromatic nitrogens is 3. The molecule has 1 aromatic heterocycles. The van der Waals surface area contributed by atoms with E-state index in [9.17, 15) is 4.79 Å². The van der Waals surface area contributed by atoms with Gasteiger partial charge < -0.3 is 14.6 Å². The lowest BCUT2D eigenvalue weighted by Gasteiger charge is -2.15. The van der Waals surface area contributed by atoms with Crippen LogP contribution >= 0.6 is 0 Å². The molecule has 1 N–H and O–H groups in total. The number of ether oxygens (including phenoxy) is 1. The molecule has 0 radical (unpaired) electrons. The second kappa shape index (κ2) is 8.14. The van der Waals surface area contributed by atoms with Gasteiger partial charge in [0.05, 0.1) is 19.1 Å². The van der Waals surface area contributed by atoms with E-state index in [0.29, 0.717) is 13.0 Å². The highest BCUT2D eigenvalue weighted by atomic mass is 16.5. The first kappa shape index (κ1) is 17.5. The summed E-state index contributed by atoms with van der Waals surface area (Å²) in [4.78, 5) is 12.4. The van der Waals surface area contributed by atoms with Crippen LogP contribution in [0.2, 0.25) is 0 Å². The summed E-state index contributed by atoms with van der Waals surface area (Å²) in [5.74, 6) is 2.71. The van der Waals surface area contributed by atoms with Gasteiger partial charge in [-0.1, -0.05) is 18.6 Å². The predicted molar refractivity (Wildman–Crippen MR) is 95.4 cm³/mol. The third kappa shape index (κ3) is 4.38. The molecule has 0 spiro atoms. The summed E-state index contributed by atoms with van der Waals surface area (Å²) in [6, 6.07) is 7.51. The fourth-order valence-corrected chi connectivity index (χ4v) is 3.24. The van der Waals surface area contributed by atoms with Gasteiger partial charge in [0.25, 0.3) is 0 Å². The van der Waals surface area contributed by atoms with E-state index in [1.807, 2.05) is 38.1 Å². The molecule has 3 rings (SSSR count). The molecule has 2 heterocycles. The number of nitrogens with zero attached hydrogens (tertiary/aromatic N) is 3. The number of rotatable bonds is 6. The van der Waals surface area contributed by atoms with Crippen LogP contribution < -0.4 is 10.1 Å². The van der Waals surface area contributed by atoms with Crippen molar-refractivity contribution in [2.45, 2.75) is 58.5 Å². The minimum Gasteiger partial charge on any atom is -0.494 e. The van der Waals surface area contributed by atoms with Gasteiger partial charge in [-0.15, -0.1) is 10.2 Å². The standard InChI is InChI=1S/C19H26N4O2/c1-3-25-16-10-8-15(9-11-16)13-18(24)20-14(2)19-22-21-17-7-5-4-6-12-23(17)19/h8-11,14H,3-7,12-13H2,1-2H3,(H,20,24). The highest BCUT2D eigenvalue weighted by molar-refractivity contribution is 5.78. The van der Waals surface area contributed by atoms with Crippen LogP contribution in [0.3, 0.4) is 0 Å². The summed E-state index contributed by atoms with van der Waals surface area (Å²) in [5.41, 5.74) is 0.966. The summed E-state index contributed by atoms with van der Waals surface area (Å²) >= 11 is 0. The normalized spacial score (nSPS) is 15.1. The SMILES string of the molecule is CCOc1ccc(CC(=O)NC(C)c2nnc3n2CCCCC3)cc1. The van der Waals surface area contributed by atoms with Gasteiger partial charge in [-0.05, 0) is 44.4 Å². The molecule has 1 aliphatic heterocycles. The first-order chi connectivity index (χ1) is 12.2. The van der Waals surface area contributed by atoms with Crippen LogP contribution in [0.5, 0.6) is 5.75 Å². The fraction of sp³-hybridized carbons (Fsp3) is 0.526. The van der Waals surface area contributed by atoms with Crippen molar-refractivity contribution in [2.75, 3.05) is 6.61 Å². The van der Waals surface area contributed by atoms with Crippen molar-refractivity contribution < 1.29 is 9.53 Å². The Hall–Kier alpha value is -2.37. The second-order valence-electron chi connectivity index (χ2n) is 6.48. The average Bonchev–Trinajstić information content (AvgIpc) is 2.86. The predicted octanol–water partition coefficient (Wildman–Crippen LogP) is 2.82. The van der Waals surface area contributed by atoms with Crippen LogP contribution in [0.25, 0.3) is 0 Å². The molecule has 1 aromatic carbocycles. The zero-order chi connectivity index (χ0) is 17.6. The minimum atomic E-state index is -0.144. The molecular formula is C19H26N4O2. The Balaban J connectivity index is 1.60. The Morgan fingerprint density at radius 2 is 2.04 bits per heavy atom. The molecule has 1 amide bonds. The summed E-state index contributed by atoms with van der Waals surface area (Å²) in [5, 5.41) is 11.7. The average molecular weight is 342 g/mol. The van der Waals surface area contributed by atoms with Crippen LogP contribution in [0.1, 0.15) is 56.4 Å².